The lowest BCUT2D eigenvalue weighted by atomic mass is 10.0. The number of primary amides is 1. The summed E-state index contributed by atoms with van der Waals surface area (Å²) in [5, 5.41) is 44.6. The molecule has 16 heavy (non-hydrogen) atoms. The van der Waals surface area contributed by atoms with Crippen LogP contribution in [0.5, 0.6) is 0 Å². The van der Waals surface area contributed by atoms with Crippen LogP contribution in [0.15, 0.2) is 0 Å². The summed E-state index contributed by atoms with van der Waals surface area (Å²) < 4.78 is 3.73. The molecule has 0 aromatic rings. The average Bonchev–Trinajstić information content (AvgIpc) is 2.23. The molecule has 4 atom stereocenters. The molecule has 0 aromatic heterocycles. The highest BCUT2D eigenvalue weighted by molar-refractivity contribution is 5.86. The Labute approximate surface area is 89.7 Å². The van der Waals surface area contributed by atoms with Crippen LogP contribution in [0.4, 0.5) is 4.79 Å². The van der Waals surface area contributed by atoms with Gasteiger partial charge in [-0.25, -0.2) is 9.59 Å². The second-order valence-corrected chi connectivity index (χ2v) is 2.92. The number of rotatable bonds is 5. The minimum absolute atomic E-state index is 0.893. The number of hydrogen-bond acceptors (Lipinski definition) is 8. The van der Waals surface area contributed by atoms with E-state index in [0.717, 1.165) is 0 Å². The van der Waals surface area contributed by atoms with E-state index < -0.39 is 43.1 Å². The average molecular weight is 239 g/mol. The van der Waals surface area contributed by atoms with Gasteiger partial charge in [0.1, 0.15) is 18.3 Å². The van der Waals surface area contributed by atoms with Crippen LogP contribution in [0.3, 0.4) is 0 Å². The molecule has 0 aliphatic heterocycles. The van der Waals surface area contributed by atoms with Crippen LogP contribution in [0.2, 0.25) is 0 Å². The van der Waals surface area contributed by atoms with Crippen molar-refractivity contribution in [1.29, 1.82) is 0 Å². The second-order valence-electron chi connectivity index (χ2n) is 2.92. The fourth-order valence-electron chi connectivity index (χ4n) is 0.821. The fraction of sp³-hybridized carbons (Fsp3) is 0.714. The lowest BCUT2D eigenvalue weighted by molar-refractivity contribution is -0.164. The Bertz CT molecular complexity index is 257. The highest BCUT2D eigenvalue weighted by Crippen LogP contribution is 2.06. The molecule has 0 bridgehead atoms. The van der Waals surface area contributed by atoms with Gasteiger partial charge < -0.3 is 36.0 Å². The first-order valence-corrected chi connectivity index (χ1v) is 4.15. The van der Waals surface area contributed by atoms with E-state index in [4.69, 9.17) is 25.5 Å². The van der Waals surface area contributed by atoms with E-state index in [9.17, 15) is 9.59 Å². The standard InChI is InChI=1S/C7H13NO8/c8-7(15)16-6(14)5(13)4(12)3(11)2(10)1-9/h2-5,9-13H,1H2,(H2,8,15)/t2-,3-,4+,5-/m1/s1. The summed E-state index contributed by atoms with van der Waals surface area (Å²) in [5.41, 5.74) is 4.47. The van der Waals surface area contributed by atoms with Gasteiger partial charge in [0, 0.05) is 0 Å². The van der Waals surface area contributed by atoms with E-state index in [0.29, 0.717) is 0 Å². The fourth-order valence-corrected chi connectivity index (χ4v) is 0.821. The van der Waals surface area contributed by atoms with Crippen molar-refractivity contribution in [3.05, 3.63) is 0 Å². The summed E-state index contributed by atoms with van der Waals surface area (Å²) in [4.78, 5) is 21.0. The Morgan fingerprint density at radius 3 is 2.00 bits per heavy atom. The van der Waals surface area contributed by atoms with Crippen molar-refractivity contribution in [1.82, 2.24) is 0 Å². The van der Waals surface area contributed by atoms with Gasteiger partial charge in [-0.05, 0) is 0 Å². The maximum atomic E-state index is 10.8. The Hall–Kier alpha value is -1.26. The van der Waals surface area contributed by atoms with Gasteiger partial charge >= 0.3 is 12.1 Å². The van der Waals surface area contributed by atoms with Gasteiger partial charge in [0.15, 0.2) is 6.10 Å². The number of amides is 1. The third-order valence-corrected chi connectivity index (χ3v) is 1.70. The van der Waals surface area contributed by atoms with E-state index in [2.05, 4.69) is 10.5 Å². The molecule has 0 rings (SSSR count). The summed E-state index contributed by atoms with van der Waals surface area (Å²) in [6.07, 6.45) is -9.64. The third kappa shape index (κ3) is 4.08. The number of carbonyl (C=O) groups excluding carboxylic acids is 2. The zero-order valence-corrected chi connectivity index (χ0v) is 8.05. The molecule has 0 aliphatic rings. The van der Waals surface area contributed by atoms with Crippen molar-refractivity contribution in [3.63, 3.8) is 0 Å². The Balaban J connectivity index is 4.42. The first-order chi connectivity index (χ1) is 7.31. The summed E-state index contributed by atoms with van der Waals surface area (Å²) >= 11 is 0. The SMILES string of the molecule is NC(=O)OC(=O)[C@H](O)[C@@H](O)[C@H](O)[C@H](O)CO. The van der Waals surface area contributed by atoms with E-state index in [1.165, 1.54) is 0 Å². The Morgan fingerprint density at radius 2 is 1.62 bits per heavy atom. The number of esters is 1. The number of ether oxygens (including phenoxy) is 1. The number of nitrogens with two attached hydrogens (primary N) is 1. The quantitative estimate of drug-likeness (QED) is 0.208. The molecule has 0 spiro atoms. The van der Waals surface area contributed by atoms with Gasteiger partial charge in [-0.2, -0.15) is 0 Å². The summed E-state index contributed by atoms with van der Waals surface area (Å²) in [5.74, 6) is -1.58. The van der Waals surface area contributed by atoms with Gasteiger partial charge in [0.25, 0.3) is 0 Å². The third-order valence-electron chi connectivity index (χ3n) is 1.70. The van der Waals surface area contributed by atoms with Gasteiger partial charge in [-0.15, -0.1) is 0 Å². The molecule has 0 heterocycles. The van der Waals surface area contributed by atoms with Gasteiger partial charge in [0.05, 0.1) is 6.61 Å². The van der Waals surface area contributed by atoms with Crippen molar-refractivity contribution in [2.24, 2.45) is 5.73 Å². The summed E-state index contributed by atoms with van der Waals surface area (Å²) in [6.45, 7) is -0.893. The molecule has 9 nitrogen and oxygen atoms in total. The van der Waals surface area contributed by atoms with Crippen molar-refractivity contribution < 1.29 is 39.9 Å². The van der Waals surface area contributed by atoms with Crippen LogP contribution in [-0.2, 0) is 9.53 Å². The van der Waals surface area contributed by atoms with Crippen LogP contribution >= 0.6 is 0 Å². The molecule has 94 valence electrons. The highest BCUT2D eigenvalue weighted by Gasteiger charge is 2.35. The first-order valence-electron chi connectivity index (χ1n) is 4.15. The first kappa shape index (κ1) is 14.7. The topological polar surface area (TPSA) is 171 Å². The molecule has 0 saturated carbocycles. The minimum Gasteiger partial charge on any atom is -0.394 e. The molecule has 0 unspecified atom stereocenters. The zero-order chi connectivity index (χ0) is 12.9. The van der Waals surface area contributed by atoms with Gasteiger partial charge in [0.2, 0.25) is 0 Å². The molecule has 0 fully saturated rings. The predicted molar refractivity (Wildman–Crippen MR) is 46.8 cm³/mol. The molecule has 7 N–H and O–H groups in total. The van der Waals surface area contributed by atoms with Crippen LogP contribution in [0.1, 0.15) is 0 Å². The number of hydrogen-bond donors (Lipinski definition) is 6. The molecule has 1 amide bonds. The second kappa shape index (κ2) is 6.35. The Kier molecular flexibility index (Phi) is 5.85. The largest absolute Gasteiger partial charge is 0.412 e. The predicted octanol–water partition coefficient (Wildman–Crippen LogP) is -3.96. The maximum absolute atomic E-state index is 10.8. The van der Waals surface area contributed by atoms with Crippen molar-refractivity contribution in [2.75, 3.05) is 6.61 Å². The number of aliphatic hydroxyl groups excluding tert-OH is 5. The van der Waals surface area contributed by atoms with E-state index in [1.54, 1.807) is 0 Å². The number of aliphatic hydroxyl groups is 5. The molecule has 0 aromatic carbocycles. The van der Waals surface area contributed by atoms with Crippen molar-refractivity contribution in [3.8, 4) is 0 Å². The van der Waals surface area contributed by atoms with Crippen molar-refractivity contribution in [2.45, 2.75) is 24.4 Å². The van der Waals surface area contributed by atoms with Crippen molar-refractivity contribution >= 4 is 12.1 Å². The zero-order valence-electron chi connectivity index (χ0n) is 8.05. The van der Waals surface area contributed by atoms with E-state index >= 15 is 0 Å². The normalized spacial score (nSPS) is 18.3. The highest BCUT2D eigenvalue weighted by atomic mass is 16.6. The molecule has 0 aliphatic carbocycles. The molecule has 9 heteroatoms. The number of carbonyl (C=O) groups is 2. The van der Waals surface area contributed by atoms with E-state index in [-0.39, 0.29) is 0 Å². The maximum Gasteiger partial charge on any atom is 0.412 e. The minimum atomic E-state index is -2.27. The van der Waals surface area contributed by atoms with Crippen LogP contribution in [-0.4, -0.2) is 68.6 Å². The van der Waals surface area contributed by atoms with Crippen LogP contribution in [0.25, 0.3) is 0 Å². The molecular weight excluding hydrogens is 226 g/mol. The van der Waals surface area contributed by atoms with Gasteiger partial charge in [-0.3, -0.25) is 0 Å². The Morgan fingerprint density at radius 1 is 1.12 bits per heavy atom. The van der Waals surface area contributed by atoms with E-state index in [1.807, 2.05) is 0 Å². The van der Waals surface area contributed by atoms with Crippen LogP contribution < -0.4 is 5.73 Å². The van der Waals surface area contributed by atoms with Gasteiger partial charge in [-0.1, -0.05) is 0 Å². The molecular formula is C7H13NO8. The lowest BCUT2D eigenvalue weighted by Crippen LogP contribution is -2.49. The summed E-state index contributed by atoms with van der Waals surface area (Å²) in [6, 6.07) is 0. The monoisotopic (exact) mass is 239 g/mol. The molecule has 0 radical (unpaired) electrons. The van der Waals surface area contributed by atoms with Crippen LogP contribution in [0, 0.1) is 0 Å². The lowest BCUT2D eigenvalue weighted by Gasteiger charge is -2.23. The summed E-state index contributed by atoms with van der Waals surface area (Å²) in [7, 11) is 0. The smallest absolute Gasteiger partial charge is 0.394 e. The molecule has 0 saturated heterocycles.